The van der Waals surface area contributed by atoms with Gasteiger partial charge in [0.1, 0.15) is 16.8 Å². The molecule has 33 heavy (non-hydrogen) atoms. The molecule has 0 spiro atoms. The van der Waals surface area contributed by atoms with Crippen LogP contribution in [-0.2, 0) is 16.0 Å². The van der Waals surface area contributed by atoms with Gasteiger partial charge in [0.25, 0.3) is 5.91 Å². The normalized spacial score (nSPS) is 19.2. The summed E-state index contributed by atoms with van der Waals surface area (Å²) in [5.74, 6) is 0.783. The summed E-state index contributed by atoms with van der Waals surface area (Å²) in [4.78, 5) is 35.3. The van der Waals surface area contributed by atoms with E-state index in [0.29, 0.717) is 39.0 Å². The molecule has 2 aliphatic rings. The molecule has 0 saturated carbocycles. The van der Waals surface area contributed by atoms with Crippen molar-refractivity contribution in [2.24, 2.45) is 5.10 Å². The van der Waals surface area contributed by atoms with Crippen molar-refractivity contribution in [3.8, 4) is 0 Å². The van der Waals surface area contributed by atoms with Crippen LogP contribution >= 0.6 is 22.7 Å². The number of hydrazone groups is 1. The molecule has 8 nitrogen and oxygen atoms in total. The number of thiazole rings is 1. The summed E-state index contributed by atoms with van der Waals surface area (Å²) in [6.45, 7) is 4.75. The zero-order valence-electron chi connectivity index (χ0n) is 18.3. The van der Waals surface area contributed by atoms with Crippen molar-refractivity contribution in [2.75, 3.05) is 32.7 Å². The van der Waals surface area contributed by atoms with Gasteiger partial charge in [0, 0.05) is 43.7 Å². The van der Waals surface area contributed by atoms with Crippen LogP contribution < -0.4 is 0 Å². The molecular weight excluding hydrogens is 458 g/mol. The van der Waals surface area contributed by atoms with Crippen molar-refractivity contribution in [1.29, 1.82) is 0 Å². The lowest BCUT2D eigenvalue weighted by Gasteiger charge is -2.35. The first kappa shape index (κ1) is 22.0. The smallest absolute Gasteiger partial charge is 0.257 e. The fourth-order valence-electron chi connectivity index (χ4n) is 4.18. The number of aromatic nitrogens is 1. The average Bonchev–Trinajstić information content (AvgIpc) is 3.60. The minimum absolute atomic E-state index is 0.0546. The molecule has 1 fully saturated rings. The van der Waals surface area contributed by atoms with Crippen molar-refractivity contribution in [2.45, 2.75) is 25.8 Å². The van der Waals surface area contributed by atoms with Crippen LogP contribution in [-0.4, -0.2) is 70.0 Å². The molecular formula is C23H25N5O3S2. The zero-order chi connectivity index (χ0) is 22.8. The van der Waals surface area contributed by atoms with Crippen LogP contribution in [0.15, 0.2) is 50.8 Å². The standard InChI is InChI=1S/C23H25N5O3S2/c1-16-15-33-21(24-16)13-22(29)27-8-6-26(7-9-27)14-23(30)28-18(19-4-2-10-31-19)12-17(25-28)20-5-3-11-32-20/h2-5,10-11,15,18H,6-9,12-14H2,1H3/t18-/m0/s1. The van der Waals surface area contributed by atoms with Gasteiger partial charge in [-0.1, -0.05) is 6.07 Å². The monoisotopic (exact) mass is 483 g/mol. The molecule has 172 valence electrons. The first-order valence-electron chi connectivity index (χ1n) is 10.9. The third kappa shape index (κ3) is 4.92. The Morgan fingerprint density at radius 1 is 1.12 bits per heavy atom. The van der Waals surface area contributed by atoms with Gasteiger partial charge in [-0.05, 0) is 30.5 Å². The lowest BCUT2D eigenvalue weighted by Crippen LogP contribution is -2.51. The van der Waals surface area contributed by atoms with Crippen LogP contribution in [0.2, 0.25) is 0 Å². The fourth-order valence-corrected chi connectivity index (χ4v) is 5.66. The molecule has 2 amide bonds. The van der Waals surface area contributed by atoms with E-state index in [1.165, 1.54) is 11.3 Å². The van der Waals surface area contributed by atoms with Crippen molar-refractivity contribution < 1.29 is 14.0 Å². The molecule has 3 aromatic heterocycles. The molecule has 0 aliphatic carbocycles. The summed E-state index contributed by atoms with van der Waals surface area (Å²) >= 11 is 3.15. The Labute approximate surface area is 200 Å². The second-order valence-electron chi connectivity index (χ2n) is 8.21. The van der Waals surface area contributed by atoms with Crippen LogP contribution in [0.5, 0.6) is 0 Å². The average molecular weight is 484 g/mol. The van der Waals surface area contributed by atoms with Gasteiger partial charge in [-0.15, -0.1) is 22.7 Å². The number of carbonyl (C=O) groups is 2. The molecule has 1 saturated heterocycles. The van der Waals surface area contributed by atoms with E-state index >= 15 is 0 Å². The largest absolute Gasteiger partial charge is 0.467 e. The topological polar surface area (TPSA) is 82.3 Å². The summed E-state index contributed by atoms with van der Waals surface area (Å²) in [7, 11) is 0. The van der Waals surface area contributed by atoms with Crippen molar-refractivity contribution in [1.82, 2.24) is 19.8 Å². The van der Waals surface area contributed by atoms with E-state index in [2.05, 4.69) is 15.0 Å². The second-order valence-corrected chi connectivity index (χ2v) is 10.1. The number of hydrogen-bond acceptors (Lipinski definition) is 8. The highest BCUT2D eigenvalue weighted by molar-refractivity contribution is 7.12. The van der Waals surface area contributed by atoms with Gasteiger partial charge in [-0.2, -0.15) is 5.10 Å². The minimum Gasteiger partial charge on any atom is -0.467 e. The number of furan rings is 1. The molecule has 2 aliphatic heterocycles. The van der Waals surface area contributed by atoms with E-state index in [1.807, 2.05) is 46.8 Å². The fraction of sp³-hybridized carbons (Fsp3) is 0.391. The number of carbonyl (C=O) groups excluding carboxylic acids is 2. The third-order valence-corrected chi connectivity index (χ3v) is 7.78. The lowest BCUT2D eigenvalue weighted by molar-refractivity contribution is -0.136. The lowest BCUT2D eigenvalue weighted by atomic mass is 10.1. The van der Waals surface area contributed by atoms with Crippen LogP contribution in [0.4, 0.5) is 0 Å². The van der Waals surface area contributed by atoms with Crippen LogP contribution in [0, 0.1) is 6.92 Å². The maximum absolute atomic E-state index is 13.2. The SMILES string of the molecule is Cc1csc(CC(=O)N2CCN(CC(=O)N3N=C(c4cccs4)C[C@H]3c3ccco3)CC2)n1. The second kappa shape index (κ2) is 9.58. The summed E-state index contributed by atoms with van der Waals surface area (Å²) in [5, 5.41) is 11.1. The van der Waals surface area contributed by atoms with Crippen molar-refractivity contribution >= 4 is 40.2 Å². The molecule has 3 aromatic rings. The molecule has 0 bridgehead atoms. The Hall–Kier alpha value is -2.82. The number of amides is 2. The molecule has 1 atom stereocenters. The molecule has 10 heteroatoms. The van der Waals surface area contributed by atoms with E-state index in [-0.39, 0.29) is 24.4 Å². The van der Waals surface area contributed by atoms with E-state index in [1.54, 1.807) is 22.6 Å². The van der Waals surface area contributed by atoms with Gasteiger partial charge >= 0.3 is 0 Å². The number of aryl methyl sites for hydroxylation is 1. The molecule has 0 radical (unpaired) electrons. The Bertz CT molecular complexity index is 1130. The first-order valence-corrected chi connectivity index (χ1v) is 12.7. The van der Waals surface area contributed by atoms with Gasteiger partial charge < -0.3 is 9.32 Å². The Kier molecular flexibility index (Phi) is 6.39. The summed E-state index contributed by atoms with van der Waals surface area (Å²) in [6, 6.07) is 7.52. The Morgan fingerprint density at radius 3 is 2.64 bits per heavy atom. The van der Waals surface area contributed by atoms with Gasteiger partial charge in [-0.25, -0.2) is 9.99 Å². The highest BCUT2D eigenvalue weighted by Gasteiger charge is 2.36. The van der Waals surface area contributed by atoms with E-state index < -0.39 is 0 Å². The van der Waals surface area contributed by atoms with Crippen LogP contribution in [0.25, 0.3) is 0 Å². The van der Waals surface area contributed by atoms with Gasteiger partial charge in [0.2, 0.25) is 5.91 Å². The number of nitrogens with zero attached hydrogens (tertiary/aromatic N) is 5. The number of rotatable bonds is 6. The number of piperazine rings is 1. The van der Waals surface area contributed by atoms with Crippen molar-refractivity contribution in [3.63, 3.8) is 0 Å². The van der Waals surface area contributed by atoms with Gasteiger partial charge in [0.15, 0.2) is 0 Å². The number of hydrogen-bond donors (Lipinski definition) is 0. The summed E-state index contributed by atoms with van der Waals surface area (Å²) in [5.41, 5.74) is 1.86. The zero-order valence-corrected chi connectivity index (χ0v) is 20.0. The maximum atomic E-state index is 13.2. The molecule has 0 unspecified atom stereocenters. The quantitative estimate of drug-likeness (QED) is 0.538. The summed E-state index contributed by atoms with van der Waals surface area (Å²) < 4.78 is 5.62. The first-order chi connectivity index (χ1) is 16.1. The third-order valence-electron chi connectivity index (χ3n) is 5.90. The maximum Gasteiger partial charge on any atom is 0.257 e. The Morgan fingerprint density at radius 2 is 1.97 bits per heavy atom. The van der Waals surface area contributed by atoms with Gasteiger partial charge in [0.05, 0.1) is 29.8 Å². The van der Waals surface area contributed by atoms with E-state index in [9.17, 15) is 9.59 Å². The molecule has 5 rings (SSSR count). The number of thiophene rings is 1. The van der Waals surface area contributed by atoms with Crippen molar-refractivity contribution in [3.05, 3.63) is 62.6 Å². The van der Waals surface area contributed by atoms with Crippen LogP contribution in [0.1, 0.15) is 33.8 Å². The molecule has 0 aromatic carbocycles. The van der Waals surface area contributed by atoms with Gasteiger partial charge in [-0.3, -0.25) is 14.5 Å². The summed E-state index contributed by atoms with van der Waals surface area (Å²) in [6.07, 6.45) is 2.61. The minimum atomic E-state index is -0.228. The van der Waals surface area contributed by atoms with E-state index in [4.69, 9.17) is 4.42 Å². The molecule has 0 N–H and O–H groups in total. The molecule has 5 heterocycles. The highest BCUT2D eigenvalue weighted by atomic mass is 32.1. The predicted octanol–water partition coefficient (Wildman–Crippen LogP) is 3.17. The Balaban J connectivity index is 1.19. The van der Waals surface area contributed by atoms with Crippen LogP contribution in [0.3, 0.4) is 0 Å². The highest BCUT2D eigenvalue weighted by Crippen LogP contribution is 2.34. The van der Waals surface area contributed by atoms with E-state index in [0.717, 1.165) is 27.1 Å². The predicted molar refractivity (Wildman–Crippen MR) is 127 cm³/mol.